The number of amides is 3. The minimum Gasteiger partial charge on any atom is -0.497 e. The van der Waals surface area contributed by atoms with Crippen molar-refractivity contribution >= 4 is 45.0 Å². The second kappa shape index (κ2) is 7.32. The van der Waals surface area contributed by atoms with Gasteiger partial charge in [0.25, 0.3) is 5.91 Å². The third-order valence-electron chi connectivity index (χ3n) is 4.35. The number of Topliss-reactive ketones (excluding diaryl/α,β-unsaturated/α-hetero) is 1. The topological polar surface area (TPSA) is 84.9 Å². The lowest BCUT2D eigenvalue weighted by Crippen LogP contribution is -2.40. The number of hydrogen-bond donors (Lipinski definition) is 1. The third kappa shape index (κ3) is 3.44. The summed E-state index contributed by atoms with van der Waals surface area (Å²) in [5.41, 5.74) is -0.927. The minimum absolute atomic E-state index is 0.270. The number of benzene rings is 1. The number of urea groups is 1. The SMILES string of the molecule is COc1ccc(C(=O)CN2C(=O)NC(C)(c3ccc(Br)s3)C2=O)c(OC)c1. The molecular weight excluding hydrogens is 436 g/mol. The number of halogens is 1. The predicted molar refractivity (Wildman–Crippen MR) is 103 cm³/mol. The Morgan fingerprint density at radius 3 is 2.56 bits per heavy atom. The zero-order valence-electron chi connectivity index (χ0n) is 14.9. The Kier molecular flexibility index (Phi) is 5.25. The Morgan fingerprint density at radius 2 is 1.96 bits per heavy atom. The number of ketones is 1. The van der Waals surface area contributed by atoms with Crippen molar-refractivity contribution in [3.05, 3.63) is 44.6 Å². The summed E-state index contributed by atoms with van der Waals surface area (Å²) < 4.78 is 11.2. The van der Waals surface area contributed by atoms with Gasteiger partial charge in [0.05, 0.1) is 30.1 Å². The first-order valence-corrected chi connectivity index (χ1v) is 9.56. The van der Waals surface area contributed by atoms with E-state index >= 15 is 0 Å². The molecule has 1 aliphatic heterocycles. The molecule has 1 aromatic carbocycles. The maximum absolute atomic E-state index is 12.9. The highest BCUT2D eigenvalue weighted by Crippen LogP contribution is 2.36. The Hall–Kier alpha value is -2.39. The van der Waals surface area contributed by atoms with Gasteiger partial charge < -0.3 is 14.8 Å². The van der Waals surface area contributed by atoms with Crippen LogP contribution in [0.4, 0.5) is 4.79 Å². The molecule has 0 saturated carbocycles. The summed E-state index contributed by atoms with van der Waals surface area (Å²) in [5.74, 6) is -0.0251. The highest BCUT2D eigenvalue weighted by atomic mass is 79.9. The first-order chi connectivity index (χ1) is 12.8. The van der Waals surface area contributed by atoms with E-state index in [1.54, 1.807) is 37.3 Å². The van der Waals surface area contributed by atoms with Crippen LogP contribution in [0, 0.1) is 0 Å². The van der Waals surface area contributed by atoms with E-state index in [4.69, 9.17) is 9.47 Å². The van der Waals surface area contributed by atoms with Crippen LogP contribution in [0.25, 0.3) is 0 Å². The maximum atomic E-state index is 12.9. The summed E-state index contributed by atoms with van der Waals surface area (Å²) in [6, 6.07) is 7.72. The van der Waals surface area contributed by atoms with Crippen molar-refractivity contribution in [2.45, 2.75) is 12.5 Å². The number of ether oxygens (including phenoxy) is 2. The number of thiophene rings is 1. The molecule has 0 bridgehead atoms. The quantitative estimate of drug-likeness (QED) is 0.537. The fourth-order valence-electron chi connectivity index (χ4n) is 2.85. The fourth-order valence-corrected chi connectivity index (χ4v) is 4.33. The van der Waals surface area contributed by atoms with Crippen LogP contribution >= 0.6 is 27.3 Å². The summed E-state index contributed by atoms with van der Waals surface area (Å²) >= 11 is 4.71. The molecule has 2 heterocycles. The number of nitrogens with one attached hydrogen (secondary N) is 1. The van der Waals surface area contributed by atoms with Crippen LogP contribution in [0.1, 0.15) is 22.2 Å². The van der Waals surface area contributed by atoms with Crippen LogP contribution in [0.15, 0.2) is 34.1 Å². The summed E-state index contributed by atoms with van der Waals surface area (Å²) in [6.45, 7) is 1.25. The van der Waals surface area contributed by atoms with Gasteiger partial charge in [-0.25, -0.2) is 4.79 Å². The van der Waals surface area contributed by atoms with E-state index in [0.29, 0.717) is 16.4 Å². The van der Waals surface area contributed by atoms with Gasteiger partial charge in [-0.2, -0.15) is 0 Å². The number of nitrogens with zero attached hydrogens (tertiary/aromatic N) is 1. The molecule has 9 heteroatoms. The van der Waals surface area contributed by atoms with Gasteiger partial charge in [-0.05, 0) is 47.1 Å². The second-order valence-electron chi connectivity index (χ2n) is 6.04. The molecule has 0 aliphatic carbocycles. The van der Waals surface area contributed by atoms with Gasteiger partial charge in [-0.15, -0.1) is 11.3 Å². The molecule has 0 spiro atoms. The standard InChI is InChI=1S/C18H17BrN2O5S/c1-18(14-6-7-15(19)27-14)16(23)21(17(24)20-18)9-12(22)11-5-4-10(25-2)8-13(11)26-3/h4-8H,9H2,1-3H3,(H,20,24). The van der Waals surface area contributed by atoms with Crippen molar-refractivity contribution in [2.75, 3.05) is 20.8 Å². The number of imide groups is 1. The van der Waals surface area contributed by atoms with Gasteiger partial charge in [0.2, 0.25) is 0 Å². The lowest BCUT2D eigenvalue weighted by Gasteiger charge is -2.20. The van der Waals surface area contributed by atoms with Crippen molar-refractivity contribution < 1.29 is 23.9 Å². The van der Waals surface area contributed by atoms with E-state index in [9.17, 15) is 14.4 Å². The predicted octanol–water partition coefficient (Wildman–Crippen LogP) is 3.18. The molecule has 1 N–H and O–H groups in total. The number of methoxy groups -OCH3 is 2. The molecule has 3 rings (SSSR count). The highest BCUT2D eigenvalue weighted by molar-refractivity contribution is 9.11. The molecular formula is C18H17BrN2O5S. The van der Waals surface area contributed by atoms with Crippen LogP contribution in [0.3, 0.4) is 0 Å². The maximum Gasteiger partial charge on any atom is 0.325 e. The van der Waals surface area contributed by atoms with E-state index in [0.717, 1.165) is 8.69 Å². The third-order valence-corrected chi connectivity index (χ3v) is 6.20. The first kappa shape index (κ1) is 19.4. The molecule has 3 amide bonds. The number of carbonyl (C=O) groups is 3. The van der Waals surface area contributed by atoms with Crippen molar-refractivity contribution in [3.63, 3.8) is 0 Å². The zero-order valence-corrected chi connectivity index (χ0v) is 17.3. The van der Waals surface area contributed by atoms with Crippen LogP contribution in [-0.4, -0.2) is 43.4 Å². The smallest absolute Gasteiger partial charge is 0.325 e. The highest BCUT2D eigenvalue weighted by Gasteiger charge is 2.50. The monoisotopic (exact) mass is 452 g/mol. The minimum atomic E-state index is -1.20. The average Bonchev–Trinajstić information content (AvgIpc) is 3.19. The van der Waals surface area contributed by atoms with Gasteiger partial charge in [-0.3, -0.25) is 14.5 Å². The molecule has 27 heavy (non-hydrogen) atoms. The normalized spacial score (nSPS) is 19.2. The fraction of sp³-hybridized carbons (Fsp3) is 0.278. The van der Waals surface area contributed by atoms with Crippen molar-refractivity contribution in [1.29, 1.82) is 0 Å². The Morgan fingerprint density at radius 1 is 1.22 bits per heavy atom. The van der Waals surface area contributed by atoms with Crippen LogP contribution in [-0.2, 0) is 10.3 Å². The largest absolute Gasteiger partial charge is 0.497 e. The van der Waals surface area contributed by atoms with Gasteiger partial charge in [0.15, 0.2) is 11.3 Å². The van der Waals surface area contributed by atoms with E-state index in [-0.39, 0.29) is 12.1 Å². The van der Waals surface area contributed by atoms with Crippen LogP contribution in [0.5, 0.6) is 11.5 Å². The summed E-state index contributed by atoms with van der Waals surface area (Å²) in [4.78, 5) is 39.6. The van der Waals surface area contributed by atoms with E-state index in [2.05, 4.69) is 21.2 Å². The van der Waals surface area contributed by atoms with Gasteiger partial charge in [-0.1, -0.05) is 0 Å². The molecule has 1 saturated heterocycles. The molecule has 2 aromatic rings. The summed E-state index contributed by atoms with van der Waals surface area (Å²) in [6.07, 6.45) is 0. The van der Waals surface area contributed by atoms with Gasteiger partial charge in [0.1, 0.15) is 11.5 Å². The van der Waals surface area contributed by atoms with E-state index in [1.807, 2.05) is 0 Å². The van der Waals surface area contributed by atoms with E-state index in [1.165, 1.54) is 25.6 Å². The number of rotatable bonds is 6. The first-order valence-electron chi connectivity index (χ1n) is 7.95. The molecule has 1 unspecified atom stereocenters. The van der Waals surface area contributed by atoms with Crippen molar-refractivity contribution in [2.24, 2.45) is 0 Å². The lowest BCUT2D eigenvalue weighted by molar-refractivity contribution is -0.130. The number of hydrogen-bond acceptors (Lipinski definition) is 6. The average molecular weight is 453 g/mol. The molecule has 1 atom stereocenters. The van der Waals surface area contributed by atoms with E-state index < -0.39 is 23.3 Å². The van der Waals surface area contributed by atoms with Gasteiger partial charge >= 0.3 is 6.03 Å². The molecule has 0 radical (unpaired) electrons. The van der Waals surface area contributed by atoms with Gasteiger partial charge in [0, 0.05) is 10.9 Å². The molecule has 142 valence electrons. The second-order valence-corrected chi connectivity index (χ2v) is 8.50. The van der Waals surface area contributed by atoms with Crippen LogP contribution < -0.4 is 14.8 Å². The number of carbonyl (C=O) groups excluding carboxylic acids is 3. The van der Waals surface area contributed by atoms with Crippen LogP contribution in [0.2, 0.25) is 0 Å². The zero-order chi connectivity index (χ0) is 19.8. The molecule has 1 aliphatic rings. The molecule has 1 fully saturated rings. The Balaban J connectivity index is 1.85. The Labute approximate surface area is 168 Å². The van der Waals surface area contributed by atoms with Crippen molar-refractivity contribution in [3.8, 4) is 11.5 Å². The summed E-state index contributed by atoms with van der Waals surface area (Å²) in [5, 5.41) is 2.69. The Bertz CT molecular complexity index is 928. The molecule has 7 nitrogen and oxygen atoms in total. The summed E-state index contributed by atoms with van der Waals surface area (Å²) in [7, 11) is 2.94. The molecule has 1 aromatic heterocycles. The van der Waals surface area contributed by atoms with Crippen molar-refractivity contribution in [1.82, 2.24) is 10.2 Å². The lowest BCUT2D eigenvalue weighted by atomic mass is 10.0.